The molecule has 5 nitrogen and oxygen atoms in total. The maximum absolute atomic E-state index is 12.8. The topological polar surface area (TPSA) is 56.3 Å². The average molecular weight is 291 g/mol. The Bertz CT molecular complexity index is 448. The van der Waals surface area contributed by atoms with E-state index in [1.807, 2.05) is 0 Å². The lowest BCUT2D eigenvalue weighted by atomic mass is 10.1. The zero-order valence-corrected chi connectivity index (χ0v) is 11.0. The molecule has 0 saturated carbocycles. The van der Waals surface area contributed by atoms with Gasteiger partial charge in [0.05, 0.1) is 13.2 Å². The minimum atomic E-state index is -4.53. The van der Waals surface area contributed by atoms with Gasteiger partial charge in [-0.2, -0.15) is 18.2 Å². The summed E-state index contributed by atoms with van der Waals surface area (Å²) < 4.78 is 49.0. The number of rotatable bonds is 4. The lowest BCUT2D eigenvalue weighted by molar-refractivity contribution is -0.141. The van der Waals surface area contributed by atoms with E-state index in [0.717, 1.165) is 6.07 Å². The summed E-state index contributed by atoms with van der Waals surface area (Å²) in [6, 6.07) is 0.830. The van der Waals surface area contributed by atoms with Crippen molar-refractivity contribution in [3.05, 3.63) is 11.8 Å². The summed E-state index contributed by atoms with van der Waals surface area (Å²) in [5, 5.41) is 2.67. The minimum Gasteiger partial charge on any atom is -0.474 e. The Morgan fingerprint density at radius 2 is 2.05 bits per heavy atom. The molecule has 0 bridgehead atoms. The van der Waals surface area contributed by atoms with E-state index in [9.17, 15) is 13.2 Å². The van der Waals surface area contributed by atoms with E-state index in [2.05, 4.69) is 15.3 Å². The van der Waals surface area contributed by atoms with E-state index < -0.39 is 11.9 Å². The summed E-state index contributed by atoms with van der Waals surface area (Å²) in [6.07, 6.45) is -3.42. The molecule has 2 rings (SSSR count). The molecule has 1 fully saturated rings. The van der Waals surface area contributed by atoms with Gasteiger partial charge in [0.25, 0.3) is 0 Å². The molecular formula is C12H16F3N3O2. The maximum Gasteiger partial charge on any atom is 0.433 e. The van der Waals surface area contributed by atoms with Crippen molar-refractivity contribution in [1.82, 2.24) is 9.97 Å². The van der Waals surface area contributed by atoms with Crippen molar-refractivity contribution < 1.29 is 22.6 Å². The molecule has 1 aromatic rings. The summed E-state index contributed by atoms with van der Waals surface area (Å²) in [6.45, 7) is 3.27. The molecule has 1 saturated heterocycles. The third-order valence-corrected chi connectivity index (χ3v) is 2.78. The highest BCUT2D eigenvalue weighted by molar-refractivity contribution is 5.32. The van der Waals surface area contributed by atoms with E-state index in [0.29, 0.717) is 32.6 Å². The third-order valence-electron chi connectivity index (χ3n) is 2.78. The average Bonchev–Trinajstić information content (AvgIpc) is 2.39. The van der Waals surface area contributed by atoms with Crippen molar-refractivity contribution in [3.63, 3.8) is 0 Å². The molecule has 0 radical (unpaired) electrons. The van der Waals surface area contributed by atoms with Gasteiger partial charge in [0.2, 0.25) is 11.8 Å². The molecule has 112 valence electrons. The standard InChI is InChI=1S/C12H16F3N3O2/c1-2-16-11-17-9(12(13,14)15)7-10(18-11)20-8-3-5-19-6-4-8/h7-8H,2-6H2,1H3,(H,16,17,18). The molecule has 0 aliphatic carbocycles. The third kappa shape index (κ3) is 3.96. The van der Waals surface area contributed by atoms with Crippen LogP contribution in [0.5, 0.6) is 5.88 Å². The quantitative estimate of drug-likeness (QED) is 0.923. The Kier molecular flexibility index (Phi) is 4.64. The fraction of sp³-hybridized carbons (Fsp3) is 0.667. The molecule has 0 spiro atoms. The Balaban J connectivity index is 2.19. The Hall–Kier alpha value is -1.57. The van der Waals surface area contributed by atoms with Gasteiger partial charge < -0.3 is 14.8 Å². The monoisotopic (exact) mass is 291 g/mol. The van der Waals surface area contributed by atoms with Crippen molar-refractivity contribution in [2.45, 2.75) is 32.0 Å². The van der Waals surface area contributed by atoms with Crippen LogP contribution in [0, 0.1) is 0 Å². The predicted octanol–water partition coefficient (Wildman–Crippen LogP) is 2.49. The fourth-order valence-electron chi connectivity index (χ4n) is 1.83. The second kappa shape index (κ2) is 6.25. The molecule has 8 heteroatoms. The summed E-state index contributed by atoms with van der Waals surface area (Å²) >= 11 is 0. The molecule has 0 atom stereocenters. The first-order valence-electron chi connectivity index (χ1n) is 6.43. The number of nitrogens with one attached hydrogen (secondary N) is 1. The molecule has 1 aliphatic heterocycles. The van der Waals surface area contributed by atoms with Gasteiger partial charge in [0.15, 0.2) is 5.69 Å². The highest BCUT2D eigenvalue weighted by Crippen LogP contribution is 2.30. The number of ether oxygens (including phenoxy) is 2. The van der Waals surface area contributed by atoms with Gasteiger partial charge in [-0.25, -0.2) is 4.98 Å². The highest BCUT2D eigenvalue weighted by Gasteiger charge is 2.34. The summed E-state index contributed by atoms with van der Waals surface area (Å²) in [5.74, 6) is -0.139. The maximum atomic E-state index is 12.8. The number of hydrogen-bond acceptors (Lipinski definition) is 5. The Morgan fingerprint density at radius 3 is 2.65 bits per heavy atom. The van der Waals surface area contributed by atoms with Gasteiger partial charge in [-0.1, -0.05) is 0 Å². The first-order chi connectivity index (χ1) is 9.49. The van der Waals surface area contributed by atoms with Gasteiger partial charge in [0, 0.05) is 25.5 Å². The van der Waals surface area contributed by atoms with E-state index in [1.54, 1.807) is 6.92 Å². The normalized spacial score (nSPS) is 17.0. The van der Waals surface area contributed by atoms with Crippen LogP contribution in [0.25, 0.3) is 0 Å². The first-order valence-corrected chi connectivity index (χ1v) is 6.43. The van der Waals surface area contributed by atoms with E-state index in [-0.39, 0.29) is 17.9 Å². The molecule has 1 aromatic heterocycles. The minimum absolute atomic E-state index is 0.0600. The Labute approximate surface area is 114 Å². The van der Waals surface area contributed by atoms with Crippen molar-refractivity contribution in [2.75, 3.05) is 25.1 Å². The van der Waals surface area contributed by atoms with Crippen LogP contribution in [0.1, 0.15) is 25.5 Å². The fourth-order valence-corrected chi connectivity index (χ4v) is 1.83. The molecule has 1 N–H and O–H groups in total. The lowest BCUT2D eigenvalue weighted by Crippen LogP contribution is -2.26. The van der Waals surface area contributed by atoms with Crippen LogP contribution in [0.15, 0.2) is 6.07 Å². The number of nitrogens with zero attached hydrogens (tertiary/aromatic N) is 2. The lowest BCUT2D eigenvalue weighted by Gasteiger charge is -2.23. The van der Waals surface area contributed by atoms with Crippen LogP contribution in [0.2, 0.25) is 0 Å². The molecule has 2 heterocycles. The van der Waals surface area contributed by atoms with Crippen molar-refractivity contribution in [3.8, 4) is 5.88 Å². The number of anilines is 1. The Morgan fingerprint density at radius 1 is 1.35 bits per heavy atom. The number of halogens is 3. The summed E-state index contributed by atoms with van der Waals surface area (Å²) in [5.41, 5.74) is -1.01. The van der Waals surface area contributed by atoms with E-state index in [4.69, 9.17) is 9.47 Å². The highest BCUT2D eigenvalue weighted by atomic mass is 19.4. The molecule has 0 unspecified atom stereocenters. The van der Waals surface area contributed by atoms with Gasteiger partial charge in [0.1, 0.15) is 6.10 Å². The van der Waals surface area contributed by atoms with E-state index in [1.165, 1.54) is 0 Å². The van der Waals surface area contributed by atoms with Crippen LogP contribution in [0.4, 0.5) is 19.1 Å². The van der Waals surface area contributed by atoms with Crippen LogP contribution < -0.4 is 10.1 Å². The molecular weight excluding hydrogens is 275 g/mol. The SMILES string of the molecule is CCNc1nc(OC2CCOCC2)cc(C(F)(F)F)n1. The van der Waals surface area contributed by atoms with Crippen molar-refractivity contribution >= 4 is 5.95 Å². The van der Waals surface area contributed by atoms with Crippen LogP contribution >= 0.6 is 0 Å². The summed E-state index contributed by atoms with van der Waals surface area (Å²) in [7, 11) is 0. The van der Waals surface area contributed by atoms with Crippen molar-refractivity contribution in [2.24, 2.45) is 0 Å². The van der Waals surface area contributed by atoms with Gasteiger partial charge in [-0.15, -0.1) is 0 Å². The van der Waals surface area contributed by atoms with Crippen LogP contribution in [-0.4, -0.2) is 35.8 Å². The second-order valence-electron chi connectivity index (χ2n) is 4.37. The van der Waals surface area contributed by atoms with Crippen molar-refractivity contribution in [1.29, 1.82) is 0 Å². The number of aromatic nitrogens is 2. The molecule has 0 amide bonds. The largest absolute Gasteiger partial charge is 0.474 e. The number of hydrogen-bond donors (Lipinski definition) is 1. The first kappa shape index (κ1) is 14.8. The molecule has 1 aliphatic rings. The zero-order chi connectivity index (χ0) is 14.6. The molecule has 20 heavy (non-hydrogen) atoms. The van der Waals surface area contributed by atoms with Gasteiger partial charge in [-0.05, 0) is 6.92 Å². The zero-order valence-electron chi connectivity index (χ0n) is 11.0. The smallest absolute Gasteiger partial charge is 0.433 e. The number of alkyl halides is 3. The van der Waals surface area contributed by atoms with Crippen LogP contribution in [0.3, 0.4) is 0 Å². The summed E-state index contributed by atoms with van der Waals surface area (Å²) in [4.78, 5) is 7.38. The van der Waals surface area contributed by atoms with Crippen LogP contribution in [-0.2, 0) is 10.9 Å². The molecule has 0 aromatic carbocycles. The van der Waals surface area contributed by atoms with E-state index >= 15 is 0 Å². The predicted molar refractivity (Wildman–Crippen MR) is 65.7 cm³/mol. The second-order valence-corrected chi connectivity index (χ2v) is 4.37. The van der Waals surface area contributed by atoms with Gasteiger partial charge in [-0.3, -0.25) is 0 Å². The van der Waals surface area contributed by atoms with Gasteiger partial charge >= 0.3 is 6.18 Å².